The summed E-state index contributed by atoms with van der Waals surface area (Å²) >= 11 is 6.29. The molecule has 2 unspecified atom stereocenters. The molecule has 0 bridgehead atoms. The Labute approximate surface area is 216 Å². The third-order valence-corrected chi connectivity index (χ3v) is 7.69. The van der Waals surface area contributed by atoms with E-state index < -0.39 is 29.0 Å². The molecular weight excluding hydrogens is 506 g/mol. The predicted molar refractivity (Wildman–Crippen MR) is 131 cm³/mol. The van der Waals surface area contributed by atoms with Gasteiger partial charge in [-0.2, -0.15) is 15.2 Å². The molecule has 1 aromatic carbocycles. The van der Waals surface area contributed by atoms with E-state index in [2.05, 4.69) is 21.9 Å². The first-order valence-corrected chi connectivity index (χ1v) is 12.1. The first-order chi connectivity index (χ1) is 17.7. The maximum Gasteiger partial charge on any atom is 0.318 e. The molecule has 1 N–H and O–H groups in total. The van der Waals surface area contributed by atoms with Crippen molar-refractivity contribution in [2.24, 2.45) is 0 Å². The van der Waals surface area contributed by atoms with Gasteiger partial charge in [-0.1, -0.05) is 18.2 Å². The van der Waals surface area contributed by atoms with Crippen LogP contribution in [-0.2, 0) is 27.8 Å². The van der Waals surface area contributed by atoms with Crippen molar-refractivity contribution in [2.45, 2.75) is 37.1 Å². The molecule has 0 saturated carbocycles. The number of fused-ring (bicyclic) bond motifs is 3. The SMILES string of the molecule is C=C(F)C(=O)N1CCN(c2nc(OC)nc3c2NC(=O)C2(CCc4c(Cl)cc(F)cc42)C3)CC1CC#N. The number of methoxy groups -OCH3 is 1. The summed E-state index contributed by atoms with van der Waals surface area (Å²) in [6.07, 6.45) is 1.13. The number of ether oxygens (including phenoxy) is 1. The highest BCUT2D eigenvalue weighted by Gasteiger charge is 2.50. The minimum Gasteiger partial charge on any atom is -0.467 e. The number of piperazine rings is 1. The summed E-state index contributed by atoms with van der Waals surface area (Å²) in [5.74, 6) is -2.41. The smallest absolute Gasteiger partial charge is 0.318 e. The van der Waals surface area contributed by atoms with Gasteiger partial charge in [0.2, 0.25) is 5.91 Å². The molecule has 2 atom stereocenters. The normalized spacial score (nSPS) is 22.2. The van der Waals surface area contributed by atoms with Crippen LogP contribution in [0.4, 0.5) is 20.3 Å². The highest BCUT2D eigenvalue weighted by atomic mass is 35.5. The lowest BCUT2D eigenvalue weighted by Gasteiger charge is -2.42. The van der Waals surface area contributed by atoms with Crippen LogP contribution in [0.1, 0.15) is 29.7 Å². The van der Waals surface area contributed by atoms with Gasteiger partial charge in [0, 0.05) is 31.1 Å². The molecule has 192 valence electrons. The van der Waals surface area contributed by atoms with Crippen LogP contribution in [0.5, 0.6) is 6.01 Å². The standard InChI is InChI=1S/C25H23ClF2N6O3/c1-13(27)22(35)34-8-7-33(12-15(34)4-6-29)21-20-19(30-24(32-21)37-2)11-25(23(36)31-20)5-3-16-17(25)9-14(28)10-18(16)26/h9-10,15H,1,3-5,7-8,11-12H2,2H3,(H,31,36). The van der Waals surface area contributed by atoms with Crippen LogP contribution in [0, 0.1) is 17.1 Å². The monoisotopic (exact) mass is 528 g/mol. The lowest BCUT2D eigenvalue weighted by molar-refractivity contribution is -0.131. The van der Waals surface area contributed by atoms with E-state index in [4.69, 9.17) is 16.3 Å². The molecule has 1 aliphatic carbocycles. The molecule has 3 aliphatic rings. The van der Waals surface area contributed by atoms with Gasteiger partial charge >= 0.3 is 6.01 Å². The van der Waals surface area contributed by atoms with Crippen molar-refractivity contribution in [2.75, 3.05) is 37.0 Å². The van der Waals surface area contributed by atoms with Crippen molar-refractivity contribution >= 4 is 34.9 Å². The molecule has 5 rings (SSSR count). The Morgan fingerprint density at radius 3 is 2.89 bits per heavy atom. The first-order valence-electron chi connectivity index (χ1n) is 11.7. The number of hydrogen-bond acceptors (Lipinski definition) is 7. The molecule has 2 aliphatic heterocycles. The largest absolute Gasteiger partial charge is 0.467 e. The zero-order valence-electron chi connectivity index (χ0n) is 20.0. The average Bonchev–Trinajstić information content (AvgIpc) is 3.23. The van der Waals surface area contributed by atoms with E-state index >= 15 is 0 Å². The topological polar surface area (TPSA) is 111 Å². The predicted octanol–water partition coefficient (Wildman–Crippen LogP) is 3.07. The number of amides is 2. The number of nitrogens with one attached hydrogen (secondary N) is 1. The van der Waals surface area contributed by atoms with Gasteiger partial charge in [0.1, 0.15) is 11.5 Å². The molecule has 0 radical (unpaired) electrons. The molecule has 9 nitrogen and oxygen atoms in total. The lowest BCUT2D eigenvalue weighted by Crippen LogP contribution is -2.56. The van der Waals surface area contributed by atoms with E-state index in [0.29, 0.717) is 40.6 Å². The summed E-state index contributed by atoms with van der Waals surface area (Å²) < 4.78 is 33.2. The summed E-state index contributed by atoms with van der Waals surface area (Å²) in [5, 5.41) is 12.5. The van der Waals surface area contributed by atoms with Crippen LogP contribution in [0.15, 0.2) is 24.5 Å². The molecule has 1 saturated heterocycles. The number of carbonyl (C=O) groups excluding carboxylic acids is 2. The highest BCUT2D eigenvalue weighted by Crippen LogP contribution is 2.49. The summed E-state index contributed by atoms with van der Waals surface area (Å²) in [7, 11) is 1.42. The number of aromatic nitrogens is 2. The van der Waals surface area contributed by atoms with Gasteiger partial charge < -0.3 is 19.9 Å². The van der Waals surface area contributed by atoms with Gasteiger partial charge in [-0.15, -0.1) is 0 Å². The van der Waals surface area contributed by atoms with E-state index in [-0.39, 0.29) is 44.4 Å². The molecule has 37 heavy (non-hydrogen) atoms. The second-order valence-corrected chi connectivity index (χ2v) is 9.76. The van der Waals surface area contributed by atoms with Gasteiger partial charge in [-0.05, 0) is 36.1 Å². The Hall–Kier alpha value is -3.78. The molecular formula is C25H23ClF2N6O3. The summed E-state index contributed by atoms with van der Waals surface area (Å²) in [6.45, 7) is 3.64. The van der Waals surface area contributed by atoms with Crippen molar-refractivity contribution in [1.82, 2.24) is 14.9 Å². The lowest BCUT2D eigenvalue weighted by atomic mass is 9.74. The Morgan fingerprint density at radius 2 is 2.19 bits per heavy atom. The van der Waals surface area contributed by atoms with Gasteiger partial charge in [0.15, 0.2) is 11.6 Å². The number of rotatable bonds is 4. The minimum absolute atomic E-state index is 0.0293. The fourth-order valence-electron chi connectivity index (χ4n) is 5.58. The summed E-state index contributed by atoms with van der Waals surface area (Å²) in [5.41, 5.74) is 1.16. The fraction of sp³-hybridized carbons (Fsp3) is 0.400. The van der Waals surface area contributed by atoms with E-state index in [1.165, 1.54) is 24.1 Å². The number of nitrogens with zero attached hydrogens (tertiary/aromatic N) is 5. The van der Waals surface area contributed by atoms with Crippen LogP contribution in [0.2, 0.25) is 5.02 Å². The molecule has 1 aromatic heterocycles. The van der Waals surface area contributed by atoms with Crippen LogP contribution in [0.3, 0.4) is 0 Å². The maximum absolute atomic E-state index is 14.3. The van der Waals surface area contributed by atoms with Crippen molar-refractivity contribution in [1.29, 1.82) is 5.26 Å². The van der Waals surface area contributed by atoms with Gasteiger partial charge in [-0.25, -0.2) is 8.78 Å². The summed E-state index contributed by atoms with van der Waals surface area (Å²) in [6, 6.07) is 4.10. The number of nitriles is 1. The third-order valence-electron chi connectivity index (χ3n) is 7.35. The van der Waals surface area contributed by atoms with E-state index in [1.807, 2.05) is 11.0 Å². The van der Waals surface area contributed by atoms with Gasteiger partial charge in [0.05, 0.1) is 36.8 Å². The van der Waals surface area contributed by atoms with E-state index in [0.717, 1.165) is 5.56 Å². The average molecular weight is 529 g/mol. The van der Waals surface area contributed by atoms with Crippen LogP contribution in [-0.4, -0.2) is 59.5 Å². The molecule has 1 spiro atoms. The molecule has 12 heteroatoms. The van der Waals surface area contributed by atoms with Crippen LogP contribution < -0.4 is 15.0 Å². The van der Waals surface area contributed by atoms with Crippen molar-refractivity contribution in [3.05, 3.63) is 52.2 Å². The maximum atomic E-state index is 14.3. The van der Waals surface area contributed by atoms with Crippen LogP contribution >= 0.6 is 11.6 Å². The number of hydrogen-bond donors (Lipinski definition) is 1. The van der Waals surface area contributed by atoms with Crippen LogP contribution in [0.25, 0.3) is 0 Å². The Balaban J connectivity index is 1.53. The zero-order chi connectivity index (χ0) is 26.5. The second kappa shape index (κ2) is 9.27. The highest BCUT2D eigenvalue weighted by molar-refractivity contribution is 6.31. The minimum atomic E-state index is -1.09. The van der Waals surface area contributed by atoms with Crippen molar-refractivity contribution < 1.29 is 23.1 Å². The van der Waals surface area contributed by atoms with Crippen molar-refractivity contribution in [3.8, 4) is 12.1 Å². The second-order valence-electron chi connectivity index (χ2n) is 9.35. The van der Waals surface area contributed by atoms with Gasteiger partial charge in [-0.3, -0.25) is 9.59 Å². The summed E-state index contributed by atoms with van der Waals surface area (Å²) in [4.78, 5) is 38.0. The Bertz CT molecular complexity index is 1380. The van der Waals surface area contributed by atoms with E-state index in [1.54, 1.807) is 0 Å². The van der Waals surface area contributed by atoms with Crippen molar-refractivity contribution in [3.63, 3.8) is 0 Å². The quantitative estimate of drug-likeness (QED) is 0.607. The number of carbonyl (C=O) groups is 2. The molecule has 3 heterocycles. The zero-order valence-corrected chi connectivity index (χ0v) is 20.7. The Kier molecular flexibility index (Phi) is 6.23. The molecule has 1 fully saturated rings. The van der Waals surface area contributed by atoms with Gasteiger partial charge in [0.25, 0.3) is 5.91 Å². The number of benzene rings is 1. The molecule has 2 amide bonds. The van der Waals surface area contributed by atoms with E-state index in [9.17, 15) is 23.6 Å². The number of halogens is 3. The Morgan fingerprint density at radius 1 is 1.41 bits per heavy atom. The number of anilines is 2. The fourth-order valence-corrected chi connectivity index (χ4v) is 5.88. The third kappa shape index (κ3) is 4.05. The first kappa shape index (κ1) is 24.9. The molecule has 2 aromatic rings.